The summed E-state index contributed by atoms with van der Waals surface area (Å²) in [7, 11) is 0. The van der Waals surface area contributed by atoms with E-state index in [-0.39, 0.29) is 11.3 Å². The predicted octanol–water partition coefficient (Wildman–Crippen LogP) is 1.63. The van der Waals surface area contributed by atoms with Crippen LogP contribution in [0.3, 0.4) is 0 Å². The number of hydrogen-bond donors (Lipinski definition) is 2. The Labute approximate surface area is 103 Å². The van der Waals surface area contributed by atoms with Gasteiger partial charge in [-0.05, 0) is 18.6 Å². The first-order valence-corrected chi connectivity index (χ1v) is 7.25. The topological polar surface area (TPSA) is 41.1 Å². The number of amides is 1. The standard InChI is InChI=1S/C12H24N2OS/c1-12(2,3)11(15)14-7-6-13-10-5-4-8-16-9-10/h10,13H,4-9H2,1-3H3,(H,14,15). The molecule has 0 bridgehead atoms. The molecule has 0 aromatic heterocycles. The molecule has 1 fully saturated rings. The first-order valence-electron chi connectivity index (χ1n) is 6.09. The van der Waals surface area contributed by atoms with Gasteiger partial charge in [-0.25, -0.2) is 0 Å². The first-order chi connectivity index (χ1) is 7.50. The lowest BCUT2D eigenvalue weighted by molar-refractivity contribution is -0.128. The molecule has 2 N–H and O–H groups in total. The quantitative estimate of drug-likeness (QED) is 0.739. The minimum absolute atomic E-state index is 0.132. The second-order valence-corrected chi connectivity index (χ2v) is 6.52. The van der Waals surface area contributed by atoms with Gasteiger partial charge in [0, 0.05) is 30.3 Å². The fourth-order valence-electron chi connectivity index (χ4n) is 1.62. The third-order valence-electron chi connectivity index (χ3n) is 2.69. The Balaban J connectivity index is 2.05. The number of carbonyl (C=O) groups is 1. The van der Waals surface area contributed by atoms with Gasteiger partial charge in [0.05, 0.1) is 0 Å². The Morgan fingerprint density at radius 1 is 1.38 bits per heavy atom. The van der Waals surface area contributed by atoms with Crippen molar-refractivity contribution in [1.82, 2.24) is 10.6 Å². The van der Waals surface area contributed by atoms with Crippen molar-refractivity contribution in [3.8, 4) is 0 Å². The summed E-state index contributed by atoms with van der Waals surface area (Å²) in [6, 6.07) is 0.644. The van der Waals surface area contributed by atoms with Crippen LogP contribution in [0.25, 0.3) is 0 Å². The molecule has 4 heteroatoms. The highest BCUT2D eigenvalue weighted by Gasteiger charge is 2.20. The van der Waals surface area contributed by atoms with Crippen LogP contribution in [0.5, 0.6) is 0 Å². The van der Waals surface area contributed by atoms with E-state index >= 15 is 0 Å². The second-order valence-electron chi connectivity index (χ2n) is 5.37. The second kappa shape index (κ2) is 6.50. The largest absolute Gasteiger partial charge is 0.354 e. The highest BCUT2D eigenvalue weighted by Crippen LogP contribution is 2.16. The van der Waals surface area contributed by atoms with E-state index < -0.39 is 0 Å². The van der Waals surface area contributed by atoms with E-state index in [1.165, 1.54) is 24.3 Å². The summed E-state index contributed by atoms with van der Waals surface area (Å²) in [5.41, 5.74) is -0.277. The van der Waals surface area contributed by atoms with Gasteiger partial charge in [-0.15, -0.1) is 0 Å². The molecule has 1 heterocycles. The lowest BCUT2D eigenvalue weighted by Crippen LogP contribution is -2.42. The number of nitrogens with one attached hydrogen (secondary N) is 2. The van der Waals surface area contributed by atoms with Crippen LogP contribution in [0.15, 0.2) is 0 Å². The van der Waals surface area contributed by atoms with Crippen molar-refractivity contribution in [2.75, 3.05) is 24.6 Å². The number of rotatable bonds is 4. The predicted molar refractivity (Wildman–Crippen MR) is 70.8 cm³/mol. The summed E-state index contributed by atoms with van der Waals surface area (Å²) < 4.78 is 0. The Hall–Kier alpha value is -0.220. The number of thioether (sulfide) groups is 1. The van der Waals surface area contributed by atoms with Gasteiger partial charge in [0.25, 0.3) is 0 Å². The molecule has 0 aliphatic carbocycles. The van der Waals surface area contributed by atoms with Gasteiger partial charge in [0.15, 0.2) is 0 Å². The van der Waals surface area contributed by atoms with Gasteiger partial charge in [-0.1, -0.05) is 20.8 Å². The molecule has 0 spiro atoms. The van der Waals surface area contributed by atoms with Crippen LogP contribution < -0.4 is 10.6 Å². The summed E-state index contributed by atoms with van der Waals surface area (Å²) in [6.07, 6.45) is 2.59. The van der Waals surface area contributed by atoms with Gasteiger partial charge in [0.2, 0.25) is 5.91 Å². The van der Waals surface area contributed by atoms with Crippen LogP contribution in [0.1, 0.15) is 33.6 Å². The lowest BCUT2D eigenvalue weighted by Gasteiger charge is -2.23. The van der Waals surface area contributed by atoms with Gasteiger partial charge in [0.1, 0.15) is 0 Å². The van der Waals surface area contributed by atoms with Crippen molar-refractivity contribution in [3.05, 3.63) is 0 Å². The first kappa shape index (κ1) is 13.8. The van der Waals surface area contributed by atoms with Crippen LogP contribution >= 0.6 is 11.8 Å². The van der Waals surface area contributed by atoms with Crippen molar-refractivity contribution in [1.29, 1.82) is 0 Å². The van der Waals surface area contributed by atoms with Crippen LogP contribution in [0.4, 0.5) is 0 Å². The Morgan fingerprint density at radius 3 is 2.69 bits per heavy atom. The van der Waals surface area contributed by atoms with Crippen molar-refractivity contribution < 1.29 is 4.79 Å². The molecule has 0 saturated carbocycles. The Morgan fingerprint density at radius 2 is 2.12 bits per heavy atom. The van der Waals surface area contributed by atoms with Crippen LogP contribution in [-0.2, 0) is 4.79 Å². The van der Waals surface area contributed by atoms with Crippen LogP contribution in [0.2, 0.25) is 0 Å². The zero-order valence-corrected chi connectivity index (χ0v) is 11.5. The van der Waals surface area contributed by atoms with E-state index in [9.17, 15) is 4.79 Å². The number of hydrogen-bond acceptors (Lipinski definition) is 3. The molecular weight excluding hydrogens is 220 g/mol. The summed E-state index contributed by atoms with van der Waals surface area (Å²) in [4.78, 5) is 11.6. The maximum atomic E-state index is 11.6. The van der Waals surface area contributed by atoms with E-state index in [4.69, 9.17) is 0 Å². The molecular formula is C12H24N2OS. The molecule has 3 nitrogen and oxygen atoms in total. The third-order valence-corrected chi connectivity index (χ3v) is 3.90. The highest BCUT2D eigenvalue weighted by atomic mass is 32.2. The highest BCUT2D eigenvalue weighted by molar-refractivity contribution is 7.99. The summed E-state index contributed by atoms with van der Waals surface area (Å²) in [5, 5.41) is 6.45. The average molecular weight is 244 g/mol. The van der Waals surface area contributed by atoms with Crippen molar-refractivity contribution in [3.63, 3.8) is 0 Å². The van der Waals surface area contributed by atoms with Crippen LogP contribution in [-0.4, -0.2) is 36.5 Å². The molecule has 0 aromatic rings. The zero-order chi connectivity index (χ0) is 12.0. The maximum Gasteiger partial charge on any atom is 0.225 e. The molecule has 94 valence electrons. The summed E-state index contributed by atoms with van der Waals surface area (Å²) in [5.74, 6) is 2.65. The van der Waals surface area contributed by atoms with E-state index in [0.29, 0.717) is 6.04 Å². The van der Waals surface area contributed by atoms with Gasteiger partial charge in [-0.2, -0.15) is 11.8 Å². The number of carbonyl (C=O) groups excluding carboxylic acids is 1. The lowest BCUT2D eigenvalue weighted by atomic mass is 9.96. The zero-order valence-electron chi connectivity index (χ0n) is 10.6. The molecule has 1 aliphatic heterocycles. The SMILES string of the molecule is CC(C)(C)C(=O)NCCNC1CCCSC1. The molecule has 1 amide bonds. The van der Waals surface area contributed by atoms with Gasteiger partial charge >= 0.3 is 0 Å². The molecule has 1 atom stereocenters. The van der Waals surface area contributed by atoms with Crippen molar-refractivity contribution >= 4 is 17.7 Å². The fraction of sp³-hybridized carbons (Fsp3) is 0.917. The van der Waals surface area contributed by atoms with E-state index in [1.54, 1.807) is 0 Å². The maximum absolute atomic E-state index is 11.6. The van der Waals surface area contributed by atoms with Crippen molar-refractivity contribution in [2.24, 2.45) is 5.41 Å². The minimum atomic E-state index is -0.277. The smallest absolute Gasteiger partial charge is 0.225 e. The molecule has 1 rings (SSSR count). The van der Waals surface area contributed by atoms with E-state index in [0.717, 1.165) is 13.1 Å². The monoisotopic (exact) mass is 244 g/mol. The van der Waals surface area contributed by atoms with Crippen LogP contribution in [0, 0.1) is 5.41 Å². The molecule has 0 radical (unpaired) electrons. The minimum Gasteiger partial charge on any atom is -0.354 e. The summed E-state index contributed by atoms with van der Waals surface area (Å²) in [6.45, 7) is 7.43. The van der Waals surface area contributed by atoms with E-state index in [2.05, 4.69) is 10.6 Å². The Kier molecular flexibility index (Phi) is 5.62. The Bertz CT molecular complexity index is 220. The van der Waals surface area contributed by atoms with E-state index in [1.807, 2.05) is 32.5 Å². The molecule has 16 heavy (non-hydrogen) atoms. The molecule has 1 unspecified atom stereocenters. The molecule has 1 aliphatic rings. The fourth-order valence-corrected chi connectivity index (χ4v) is 2.73. The summed E-state index contributed by atoms with van der Waals surface area (Å²) >= 11 is 2.02. The molecule has 0 aromatic carbocycles. The molecule has 1 saturated heterocycles. The normalized spacial score (nSPS) is 21.8. The third kappa shape index (κ3) is 5.21. The van der Waals surface area contributed by atoms with Crippen molar-refractivity contribution in [2.45, 2.75) is 39.7 Å². The average Bonchev–Trinajstić information content (AvgIpc) is 2.24. The van der Waals surface area contributed by atoms with Gasteiger partial charge in [-0.3, -0.25) is 4.79 Å². The van der Waals surface area contributed by atoms with Gasteiger partial charge < -0.3 is 10.6 Å².